The molecule has 0 aromatic carbocycles. The smallest absolute Gasteiger partial charge is 0.331 e. The number of carbonyl (C=O) groups excluding carboxylic acids is 1. The van der Waals surface area contributed by atoms with Crippen LogP contribution in [0.1, 0.15) is 51.8 Å². The van der Waals surface area contributed by atoms with Crippen LogP contribution in [0.5, 0.6) is 0 Å². The molecule has 0 bridgehead atoms. The van der Waals surface area contributed by atoms with Crippen molar-refractivity contribution in [3.63, 3.8) is 0 Å². The second-order valence-electron chi connectivity index (χ2n) is 7.80. The fourth-order valence-corrected chi connectivity index (χ4v) is 5.67. The normalized spacial score (nSPS) is 21.6. The first kappa shape index (κ1) is 27.0. The van der Waals surface area contributed by atoms with Crippen molar-refractivity contribution in [2.45, 2.75) is 65.4 Å². The van der Waals surface area contributed by atoms with Gasteiger partial charge >= 0.3 is 25.2 Å². The Balaban J connectivity index is 2.29. The lowest BCUT2D eigenvalue weighted by atomic mass is 10.0. The summed E-state index contributed by atoms with van der Waals surface area (Å²) in [6, 6.07) is 0. The summed E-state index contributed by atoms with van der Waals surface area (Å²) in [6.45, 7) is 7.01. The Morgan fingerprint density at radius 3 is 2.48 bits per heavy atom. The average molecular weight is 490 g/mol. The Hall–Kier alpha value is -2.27. The highest BCUT2D eigenvalue weighted by molar-refractivity contribution is 7.53. The number of nitrogens with one attached hydrogen (secondary N) is 1. The highest BCUT2D eigenvalue weighted by Gasteiger charge is 2.44. The van der Waals surface area contributed by atoms with E-state index in [-0.39, 0.29) is 32.2 Å². The zero-order valence-electron chi connectivity index (χ0n) is 19.1. The Labute approximate surface area is 190 Å². The van der Waals surface area contributed by atoms with Crippen LogP contribution in [0.4, 0.5) is 0 Å². The van der Waals surface area contributed by atoms with Gasteiger partial charge in [0.15, 0.2) is 0 Å². The van der Waals surface area contributed by atoms with Gasteiger partial charge < -0.3 is 23.6 Å². The summed E-state index contributed by atoms with van der Waals surface area (Å²) in [5.41, 5.74) is -0.916. The molecule has 2 unspecified atom stereocenters. The van der Waals surface area contributed by atoms with E-state index < -0.39 is 61.6 Å². The number of hydrogen-bond donors (Lipinski definition) is 2. The highest BCUT2D eigenvalue weighted by atomic mass is 31.2. The SMILES string of the molecule is CCOP(=O)(C[C@H](C)C1OC(n2cc(C)c(=O)[nH]c2=O)C[C@@H]1OC(=O)CCC(=O)O)OCC. The number of hydrogen-bond acceptors (Lipinski definition) is 9. The average Bonchev–Trinajstić information content (AvgIpc) is 3.13. The van der Waals surface area contributed by atoms with Crippen molar-refractivity contribution in [2.24, 2.45) is 5.92 Å². The van der Waals surface area contributed by atoms with Crippen molar-refractivity contribution >= 4 is 19.5 Å². The highest BCUT2D eigenvalue weighted by Crippen LogP contribution is 2.51. The van der Waals surface area contributed by atoms with Crippen molar-refractivity contribution in [1.29, 1.82) is 0 Å². The monoisotopic (exact) mass is 490 g/mol. The van der Waals surface area contributed by atoms with Gasteiger partial charge in [-0.05, 0) is 26.7 Å². The molecule has 2 N–H and O–H groups in total. The molecule has 33 heavy (non-hydrogen) atoms. The standard InChI is InChI=1S/C20H31N2O10P/c1-5-29-33(28,30-6-2)11-13(4)18-14(31-17(25)8-7-16(23)24)9-15(32-18)22-10-12(3)19(26)21-20(22)27/h10,13-15,18H,5-9,11H2,1-4H3,(H,23,24)(H,21,26,27)/t13-,14-,15?,18?/m0/s1. The maximum Gasteiger partial charge on any atom is 0.331 e. The number of carboxylic acid groups (broad SMARTS) is 1. The quantitative estimate of drug-likeness (QED) is 0.326. The van der Waals surface area contributed by atoms with Gasteiger partial charge in [0.2, 0.25) is 0 Å². The van der Waals surface area contributed by atoms with Crippen LogP contribution in [-0.4, -0.2) is 58.2 Å². The topological polar surface area (TPSA) is 163 Å². The number of ether oxygens (including phenoxy) is 2. The minimum Gasteiger partial charge on any atom is -0.481 e. The lowest BCUT2D eigenvalue weighted by Crippen LogP contribution is -2.35. The maximum absolute atomic E-state index is 13.0. The van der Waals surface area contributed by atoms with Crippen LogP contribution in [0.2, 0.25) is 0 Å². The van der Waals surface area contributed by atoms with Gasteiger partial charge in [0, 0.05) is 18.2 Å². The summed E-state index contributed by atoms with van der Waals surface area (Å²) >= 11 is 0. The van der Waals surface area contributed by atoms with Gasteiger partial charge in [-0.15, -0.1) is 0 Å². The number of H-pyrrole nitrogens is 1. The van der Waals surface area contributed by atoms with E-state index in [1.807, 2.05) is 0 Å². The van der Waals surface area contributed by atoms with Crippen molar-refractivity contribution in [2.75, 3.05) is 19.4 Å². The van der Waals surface area contributed by atoms with Crippen molar-refractivity contribution < 1.29 is 37.8 Å². The van der Waals surface area contributed by atoms with Gasteiger partial charge in [0.1, 0.15) is 18.4 Å². The minimum atomic E-state index is -3.44. The molecule has 1 saturated heterocycles. The van der Waals surface area contributed by atoms with E-state index in [1.54, 1.807) is 20.8 Å². The molecular formula is C20H31N2O10P. The number of carbonyl (C=O) groups is 2. The molecule has 1 aromatic heterocycles. The van der Waals surface area contributed by atoms with Crippen LogP contribution in [-0.2, 0) is 32.7 Å². The van der Waals surface area contributed by atoms with E-state index in [2.05, 4.69) is 4.98 Å². The second kappa shape index (κ2) is 11.7. The molecule has 1 fully saturated rings. The lowest BCUT2D eigenvalue weighted by Gasteiger charge is -2.27. The molecule has 0 aliphatic carbocycles. The summed E-state index contributed by atoms with van der Waals surface area (Å²) < 4.78 is 36.4. The summed E-state index contributed by atoms with van der Waals surface area (Å²) in [5, 5.41) is 8.80. The van der Waals surface area contributed by atoms with Gasteiger partial charge in [0.25, 0.3) is 5.56 Å². The van der Waals surface area contributed by atoms with Crippen LogP contribution >= 0.6 is 7.60 Å². The van der Waals surface area contributed by atoms with E-state index in [1.165, 1.54) is 17.7 Å². The Morgan fingerprint density at radius 1 is 1.27 bits per heavy atom. The van der Waals surface area contributed by atoms with Crippen molar-refractivity contribution in [1.82, 2.24) is 9.55 Å². The molecule has 4 atom stereocenters. The first-order chi connectivity index (χ1) is 15.5. The van der Waals surface area contributed by atoms with Gasteiger partial charge in [-0.1, -0.05) is 6.92 Å². The van der Waals surface area contributed by atoms with Crippen LogP contribution < -0.4 is 11.2 Å². The van der Waals surface area contributed by atoms with Gasteiger partial charge in [0.05, 0.1) is 32.2 Å². The number of aromatic nitrogens is 2. The summed E-state index contributed by atoms with van der Waals surface area (Å²) in [4.78, 5) is 49.2. The Morgan fingerprint density at radius 2 is 1.91 bits per heavy atom. The van der Waals surface area contributed by atoms with Gasteiger partial charge in [-0.2, -0.15) is 0 Å². The molecule has 1 aromatic rings. The predicted octanol–water partition coefficient (Wildman–Crippen LogP) is 1.81. The molecule has 12 nitrogen and oxygen atoms in total. The summed E-state index contributed by atoms with van der Waals surface area (Å²) in [7, 11) is -3.44. The van der Waals surface area contributed by atoms with E-state index in [0.717, 1.165) is 0 Å². The molecule has 1 aliphatic rings. The Kier molecular flexibility index (Phi) is 9.59. The van der Waals surface area contributed by atoms with Gasteiger partial charge in [-0.25, -0.2) is 4.79 Å². The molecule has 0 saturated carbocycles. The fourth-order valence-electron chi connectivity index (χ4n) is 3.68. The number of carboxylic acids is 1. The summed E-state index contributed by atoms with van der Waals surface area (Å²) in [6.07, 6.45) is -1.80. The lowest BCUT2D eigenvalue weighted by molar-refractivity contribution is -0.155. The van der Waals surface area contributed by atoms with Crippen LogP contribution in [0.15, 0.2) is 15.8 Å². The molecule has 2 heterocycles. The van der Waals surface area contributed by atoms with Crippen LogP contribution in [0, 0.1) is 12.8 Å². The first-order valence-electron chi connectivity index (χ1n) is 10.8. The number of nitrogens with zero attached hydrogens (tertiary/aromatic N) is 1. The second-order valence-corrected chi connectivity index (χ2v) is 9.90. The molecule has 13 heteroatoms. The molecular weight excluding hydrogens is 459 g/mol. The first-order valence-corrected chi connectivity index (χ1v) is 12.5. The summed E-state index contributed by atoms with van der Waals surface area (Å²) in [5.74, 6) is -2.34. The number of rotatable bonds is 12. The minimum absolute atomic E-state index is 0.0191. The predicted molar refractivity (Wildman–Crippen MR) is 116 cm³/mol. The van der Waals surface area contributed by atoms with E-state index >= 15 is 0 Å². The van der Waals surface area contributed by atoms with Gasteiger partial charge in [-0.3, -0.25) is 28.5 Å². The Bertz CT molecular complexity index is 993. The van der Waals surface area contributed by atoms with Crippen LogP contribution in [0.3, 0.4) is 0 Å². The molecule has 0 radical (unpaired) electrons. The van der Waals surface area contributed by atoms with E-state index in [0.29, 0.717) is 5.56 Å². The fraction of sp³-hybridized carbons (Fsp3) is 0.700. The number of aromatic amines is 1. The third kappa shape index (κ3) is 7.36. The number of aryl methyl sites for hydroxylation is 1. The molecule has 0 amide bonds. The van der Waals surface area contributed by atoms with Crippen molar-refractivity contribution in [3.8, 4) is 0 Å². The molecule has 186 valence electrons. The van der Waals surface area contributed by atoms with E-state index in [9.17, 15) is 23.7 Å². The molecule has 0 spiro atoms. The van der Waals surface area contributed by atoms with E-state index in [4.69, 9.17) is 23.6 Å². The zero-order valence-corrected chi connectivity index (χ0v) is 20.0. The zero-order chi connectivity index (χ0) is 24.8. The largest absolute Gasteiger partial charge is 0.481 e. The maximum atomic E-state index is 13.0. The third-order valence-electron chi connectivity index (χ3n) is 5.12. The van der Waals surface area contributed by atoms with Crippen LogP contribution in [0.25, 0.3) is 0 Å². The molecule has 2 rings (SSSR count). The third-order valence-corrected chi connectivity index (χ3v) is 7.45. The number of aliphatic carboxylic acids is 1. The van der Waals surface area contributed by atoms with Crippen molar-refractivity contribution in [3.05, 3.63) is 32.6 Å². The number of esters is 1. The molecule has 1 aliphatic heterocycles.